The number of aromatic amines is 1. The smallest absolute Gasteiger partial charge is 0.0661 e. The van der Waals surface area contributed by atoms with E-state index < -0.39 is 0 Å². The normalized spacial score (nSPS) is 38.9. The van der Waals surface area contributed by atoms with Crippen molar-refractivity contribution in [2.75, 3.05) is 0 Å². The lowest BCUT2D eigenvalue weighted by atomic mass is 9.51. The number of hydrogen-bond donors (Lipinski definition) is 2. The van der Waals surface area contributed by atoms with Crippen LogP contribution in [-0.2, 0) is 6.54 Å². The van der Waals surface area contributed by atoms with Gasteiger partial charge < -0.3 is 5.32 Å². The predicted molar refractivity (Wildman–Crippen MR) is 80.3 cm³/mol. The third-order valence-electron chi connectivity index (χ3n) is 5.92. The lowest BCUT2D eigenvalue weighted by molar-refractivity contribution is -0.00416. The molecule has 0 aliphatic heterocycles. The minimum Gasteiger partial charge on any atom is -0.309 e. The summed E-state index contributed by atoms with van der Waals surface area (Å²) in [4.78, 5) is 0. The second kappa shape index (κ2) is 4.87. The van der Waals surface area contributed by atoms with Gasteiger partial charge in [0.25, 0.3) is 0 Å². The standard InChI is InChI=1S/C17H27N3/c1-10(2)18-9-15-8-16(20-19-15)17-13-4-11-3-12(6-13)7-14(17)5-11/h8,10-14,17-18H,3-7,9H2,1-2H3,(H,19,20). The lowest BCUT2D eigenvalue weighted by Gasteiger charge is -2.54. The van der Waals surface area contributed by atoms with E-state index in [1.54, 1.807) is 0 Å². The first kappa shape index (κ1) is 12.9. The zero-order valence-electron chi connectivity index (χ0n) is 12.7. The maximum absolute atomic E-state index is 4.68. The first-order valence-corrected chi connectivity index (χ1v) is 8.46. The molecule has 20 heavy (non-hydrogen) atoms. The van der Waals surface area contributed by atoms with E-state index >= 15 is 0 Å². The van der Waals surface area contributed by atoms with Crippen LogP contribution in [0.15, 0.2) is 6.07 Å². The molecule has 0 spiro atoms. The van der Waals surface area contributed by atoms with Gasteiger partial charge in [0, 0.05) is 24.2 Å². The first-order chi connectivity index (χ1) is 9.69. The third-order valence-corrected chi connectivity index (χ3v) is 5.92. The monoisotopic (exact) mass is 273 g/mol. The van der Waals surface area contributed by atoms with Crippen LogP contribution in [0.1, 0.15) is 63.3 Å². The Labute approximate surface area is 121 Å². The summed E-state index contributed by atoms with van der Waals surface area (Å²) in [5.41, 5.74) is 2.61. The number of hydrogen-bond acceptors (Lipinski definition) is 2. The van der Waals surface area contributed by atoms with Gasteiger partial charge in [-0.05, 0) is 61.8 Å². The van der Waals surface area contributed by atoms with Crippen LogP contribution in [0, 0.1) is 23.7 Å². The Kier molecular flexibility index (Phi) is 3.13. The molecule has 2 N–H and O–H groups in total. The fourth-order valence-electron chi connectivity index (χ4n) is 5.36. The molecule has 4 bridgehead atoms. The van der Waals surface area contributed by atoms with Gasteiger partial charge in [-0.2, -0.15) is 5.10 Å². The molecular formula is C17H27N3. The second-order valence-corrected chi connectivity index (χ2v) is 7.81. The topological polar surface area (TPSA) is 40.7 Å². The van der Waals surface area contributed by atoms with E-state index in [2.05, 4.69) is 35.4 Å². The number of H-pyrrole nitrogens is 1. The van der Waals surface area contributed by atoms with E-state index in [1.807, 2.05) is 0 Å². The van der Waals surface area contributed by atoms with Crippen LogP contribution in [0.25, 0.3) is 0 Å². The molecule has 3 heteroatoms. The Balaban J connectivity index is 1.50. The van der Waals surface area contributed by atoms with Crippen molar-refractivity contribution in [3.8, 4) is 0 Å². The van der Waals surface area contributed by atoms with E-state index in [0.717, 1.165) is 36.1 Å². The van der Waals surface area contributed by atoms with Gasteiger partial charge in [-0.1, -0.05) is 13.8 Å². The molecule has 3 nitrogen and oxygen atoms in total. The fourth-order valence-corrected chi connectivity index (χ4v) is 5.36. The Morgan fingerprint density at radius 3 is 2.40 bits per heavy atom. The Hall–Kier alpha value is -0.830. The van der Waals surface area contributed by atoms with Crippen LogP contribution in [0.3, 0.4) is 0 Å². The SMILES string of the molecule is CC(C)NCc1cc(C2C3CC4CC(C3)CC2C4)n[nH]1. The molecule has 0 amide bonds. The van der Waals surface area contributed by atoms with E-state index in [-0.39, 0.29) is 0 Å². The average molecular weight is 273 g/mol. The van der Waals surface area contributed by atoms with E-state index in [9.17, 15) is 0 Å². The van der Waals surface area contributed by atoms with Crippen molar-refractivity contribution in [2.24, 2.45) is 23.7 Å². The fraction of sp³-hybridized carbons (Fsp3) is 0.824. The Bertz CT molecular complexity index is 448. The minimum atomic E-state index is 0.530. The van der Waals surface area contributed by atoms with Crippen LogP contribution in [0.5, 0.6) is 0 Å². The van der Waals surface area contributed by atoms with Crippen molar-refractivity contribution >= 4 is 0 Å². The zero-order chi connectivity index (χ0) is 13.7. The summed E-state index contributed by atoms with van der Waals surface area (Å²) in [6, 6.07) is 2.87. The van der Waals surface area contributed by atoms with Crippen molar-refractivity contribution in [2.45, 2.75) is 64.5 Å². The van der Waals surface area contributed by atoms with Gasteiger partial charge in [-0.3, -0.25) is 5.10 Å². The molecule has 0 unspecified atom stereocenters. The highest BCUT2D eigenvalue weighted by molar-refractivity contribution is 5.19. The van der Waals surface area contributed by atoms with Gasteiger partial charge >= 0.3 is 0 Å². The Morgan fingerprint density at radius 2 is 1.80 bits per heavy atom. The van der Waals surface area contributed by atoms with Gasteiger partial charge in [0.05, 0.1) is 5.69 Å². The molecule has 1 aromatic rings. The van der Waals surface area contributed by atoms with Gasteiger partial charge in [-0.25, -0.2) is 0 Å². The highest BCUT2D eigenvalue weighted by atomic mass is 15.1. The zero-order valence-corrected chi connectivity index (χ0v) is 12.7. The lowest BCUT2D eigenvalue weighted by Crippen LogP contribution is -2.43. The van der Waals surface area contributed by atoms with Gasteiger partial charge in [0.15, 0.2) is 0 Å². The summed E-state index contributed by atoms with van der Waals surface area (Å²) in [7, 11) is 0. The largest absolute Gasteiger partial charge is 0.309 e. The summed E-state index contributed by atoms with van der Waals surface area (Å²) in [5.74, 6) is 4.72. The van der Waals surface area contributed by atoms with Gasteiger partial charge in [0.1, 0.15) is 0 Å². The summed E-state index contributed by atoms with van der Waals surface area (Å²) in [6.45, 7) is 5.29. The van der Waals surface area contributed by atoms with Crippen molar-refractivity contribution < 1.29 is 0 Å². The highest BCUT2D eigenvalue weighted by Gasteiger charge is 2.49. The first-order valence-electron chi connectivity index (χ1n) is 8.46. The maximum Gasteiger partial charge on any atom is 0.0661 e. The predicted octanol–water partition coefficient (Wildman–Crippen LogP) is 3.45. The minimum absolute atomic E-state index is 0.530. The van der Waals surface area contributed by atoms with E-state index in [4.69, 9.17) is 0 Å². The highest BCUT2D eigenvalue weighted by Crippen LogP contribution is 2.59. The second-order valence-electron chi connectivity index (χ2n) is 7.81. The van der Waals surface area contributed by atoms with Gasteiger partial charge in [0.2, 0.25) is 0 Å². The molecule has 4 fully saturated rings. The molecular weight excluding hydrogens is 246 g/mol. The number of aromatic nitrogens is 2. The third kappa shape index (κ3) is 2.20. The molecule has 0 saturated heterocycles. The molecule has 110 valence electrons. The van der Waals surface area contributed by atoms with Crippen LogP contribution < -0.4 is 5.32 Å². The van der Waals surface area contributed by atoms with Crippen molar-refractivity contribution in [3.05, 3.63) is 17.5 Å². The molecule has 0 radical (unpaired) electrons. The van der Waals surface area contributed by atoms with Crippen LogP contribution >= 0.6 is 0 Å². The maximum atomic E-state index is 4.68. The molecule has 5 rings (SSSR count). The quantitative estimate of drug-likeness (QED) is 0.882. The molecule has 0 atom stereocenters. The molecule has 1 heterocycles. The molecule has 1 aromatic heterocycles. The van der Waals surface area contributed by atoms with Crippen LogP contribution in [0.4, 0.5) is 0 Å². The van der Waals surface area contributed by atoms with Crippen molar-refractivity contribution in [1.82, 2.24) is 15.5 Å². The molecule has 4 aliphatic carbocycles. The molecule has 0 aromatic carbocycles. The number of nitrogens with zero attached hydrogens (tertiary/aromatic N) is 1. The summed E-state index contributed by atoms with van der Waals surface area (Å²) in [6.07, 6.45) is 7.44. The van der Waals surface area contributed by atoms with Crippen molar-refractivity contribution in [1.29, 1.82) is 0 Å². The number of rotatable bonds is 4. The van der Waals surface area contributed by atoms with E-state index in [0.29, 0.717) is 6.04 Å². The summed E-state index contributed by atoms with van der Waals surface area (Å²) >= 11 is 0. The van der Waals surface area contributed by atoms with E-state index in [1.165, 1.54) is 43.5 Å². The summed E-state index contributed by atoms with van der Waals surface area (Å²) in [5, 5.41) is 11.4. The average Bonchev–Trinajstić information content (AvgIpc) is 2.83. The van der Waals surface area contributed by atoms with Crippen molar-refractivity contribution in [3.63, 3.8) is 0 Å². The van der Waals surface area contributed by atoms with Gasteiger partial charge in [-0.15, -0.1) is 0 Å². The number of nitrogens with one attached hydrogen (secondary N) is 2. The van der Waals surface area contributed by atoms with Crippen LogP contribution in [-0.4, -0.2) is 16.2 Å². The molecule has 4 aliphatic rings. The van der Waals surface area contributed by atoms with Crippen LogP contribution in [0.2, 0.25) is 0 Å². The molecule has 4 saturated carbocycles. The summed E-state index contributed by atoms with van der Waals surface area (Å²) < 4.78 is 0. The Morgan fingerprint density at radius 1 is 1.15 bits per heavy atom.